The van der Waals surface area contributed by atoms with Crippen molar-refractivity contribution in [3.8, 4) is 0 Å². The average Bonchev–Trinajstić information content (AvgIpc) is 2.81. The Hall–Kier alpha value is -1.24. The van der Waals surface area contributed by atoms with Gasteiger partial charge in [0.2, 0.25) is 0 Å². The van der Waals surface area contributed by atoms with Crippen LogP contribution in [0.15, 0.2) is 12.2 Å². The van der Waals surface area contributed by atoms with Crippen LogP contribution >= 0.6 is 0 Å². The van der Waals surface area contributed by atoms with Crippen molar-refractivity contribution in [1.82, 2.24) is 0 Å². The average molecular weight is 421 g/mol. The zero-order chi connectivity index (χ0) is 22.1. The first-order valence-electron chi connectivity index (χ1n) is 11.5. The molecule has 0 aromatic carbocycles. The fraction of sp³-hybridized carbons (Fsp3) is 0.833. The maximum atomic E-state index is 13.6. The fourth-order valence-electron chi connectivity index (χ4n) is 7.96. The molecule has 4 rings (SSSR count). The van der Waals surface area contributed by atoms with Crippen LogP contribution in [0.5, 0.6) is 0 Å². The van der Waals surface area contributed by atoms with Gasteiger partial charge in [0.05, 0.1) is 23.5 Å². The van der Waals surface area contributed by atoms with Crippen molar-refractivity contribution in [2.45, 2.75) is 84.0 Å². The van der Waals surface area contributed by atoms with E-state index < -0.39 is 29.6 Å². The van der Waals surface area contributed by atoms with Gasteiger partial charge in [0, 0.05) is 13.0 Å². The standard InChI is InChI=1S/C24H36O6/c1-5-7-18(27)30-14-10-16-23(4)9-6-8-22(3,12-25)15(23)11-17(26)24(16)20(28)13(2)19(14)21(24)29/h14-17,19,21,25-26,29H,2,5-12H2,1,3-4H3/t14-,15+,16-,17+,19+,21+,22+,23+,24-/m0/s1. The van der Waals surface area contributed by atoms with Gasteiger partial charge in [-0.15, -0.1) is 0 Å². The Bertz CT molecular complexity index is 763. The minimum atomic E-state index is -1.28. The summed E-state index contributed by atoms with van der Waals surface area (Å²) in [7, 11) is 0. The molecule has 9 atom stereocenters. The van der Waals surface area contributed by atoms with Crippen LogP contribution in [0.4, 0.5) is 0 Å². The van der Waals surface area contributed by atoms with Gasteiger partial charge in [-0.2, -0.15) is 0 Å². The third-order valence-electron chi connectivity index (χ3n) is 9.37. The van der Waals surface area contributed by atoms with E-state index >= 15 is 0 Å². The molecule has 0 radical (unpaired) electrons. The lowest BCUT2D eigenvalue weighted by molar-refractivity contribution is -0.245. The van der Waals surface area contributed by atoms with E-state index in [1.165, 1.54) is 0 Å². The van der Waals surface area contributed by atoms with E-state index in [4.69, 9.17) is 4.74 Å². The molecule has 6 nitrogen and oxygen atoms in total. The van der Waals surface area contributed by atoms with Gasteiger partial charge >= 0.3 is 5.97 Å². The highest BCUT2D eigenvalue weighted by Crippen LogP contribution is 2.71. The molecule has 168 valence electrons. The van der Waals surface area contributed by atoms with Crippen LogP contribution in [0.3, 0.4) is 0 Å². The Morgan fingerprint density at radius 3 is 2.53 bits per heavy atom. The Labute approximate surface area is 178 Å². The topological polar surface area (TPSA) is 104 Å². The molecule has 0 heterocycles. The molecule has 4 aliphatic carbocycles. The lowest BCUT2D eigenvalue weighted by atomic mass is 9.39. The van der Waals surface area contributed by atoms with Crippen LogP contribution in [0.2, 0.25) is 0 Å². The smallest absolute Gasteiger partial charge is 0.306 e. The number of esters is 1. The molecular formula is C24H36O6. The van der Waals surface area contributed by atoms with E-state index in [-0.39, 0.29) is 46.6 Å². The summed E-state index contributed by atoms with van der Waals surface area (Å²) in [4.78, 5) is 25.9. The van der Waals surface area contributed by atoms with Gasteiger partial charge in [-0.3, -0.25) is 9.59 Å². The van der Waals surface area contributed by atoms with Crippen molar-refractivity contribution < 1.29 is 29.6 Å². The van der Waals surface area contributed by atoms with Crippen molar-refractivity contribution in [2.75, 3.05) is 6.61 Å². The van der Waals surface area contributed by atoms with Crippen LogP contribution in [0.25, 0.3) is 0 Å². The van der Waals surface area contributed by atoms with Crippen molar-refractivity contribution in [3.05, 3.63) is 12.2 Å². The third kappa shape index (κ3) is 2.59. The highest BCUT2D eigenvalue weighted by Gasteiger charge is 2.76. The van der Waals surface area contributed by atoms with Gasteiger partial charge in [0.25, 0.3) is 0 Å². The molecule has 6 heteroatoms. The number of hydrogen-bond donors (Lipinski definition) is 3. The van der Waals surface area contributed by atoms with E-state index in [0.717, 1.165) is 19.3 Å². The number of hydrogen-bond acceptors (Lipinski definition) is 6. The second-order valence-corrected chi connectivity index (χ2v) is 10.8. The van der Waals surface area contributed by atoms with E-state index in [0.29, 0.717) is 25.7 Å². The second-order valence-electron chi connectivity index (χ2n) is 10.8. The molecule has 4 aliphatic rings. The molecule has 0 amide bonds. The molecule has 30 heavy (non-hydrogen) atoms. The molecule has 0 aromatic rings. The molecule has 0 aromatic heterocycles. The van der Waals surface area contributed by atoms with Crippen LogP contribution in [0.1, 0.15) is 65.7 Å². The number of carbonyl (C=O) groups is 2. The zero-order valence-corrected chi connectivity index (χ0v) is 18.4. The molecule has 2 bridgehead atoms. The van der Waals surface area contributed by atoms with Crippen LogP contribution in [0, 0.1) is 34.0 Å². The highest BCUT2D eigenvalue weighted by atomic mass is 16.5. The number of aliphatic hydroxyl groups excluding tert-OH is 3. The Balaban J connectivity index is 1.81. The molecule has 0 saturated heterocycles. The van der Waals surface area contributed by atoms with Gasteiger partial charge < -0.3 is 20.1 Å². The summed E-state index contributed by atoms with van der Waals surface area (Å²) in [5.41, 5.74) is -1.70. The predicted octanol–water partition coefficient (Wildman–Crippen LogP) is 2.39. The van der Waals surface area contributed by atoms with E-state index in [1.54, 1.807) is 0 Å². The molecule has 4 fully saturated rings. The Kier molecular flexibility index (Phi) is 5.23. The lowest BCUT2D eigenvalue weighted by Crippen LogP contribution is -2.69. The zero-order valence-electron chi connectivity index (χ0n) is 18.4. The highest BCUT2D eigenvalue weighted by molar-refractivity contribution is 6.04. The first-order chi connectivity index (χ1) is 14.1. The van der Waals surface area contributed by atoms with Crippen LogP contribution < -0.4 is 0 Å². The lowest BCUT2D eigenvalue weighted by Gasteiger charge is -2.65. The first-order valence-corrected chi connectivity index (χ1v) is 11.5. The molecule has 0 unspecified atom stereocenters. The summed E-state index contributed by atoms with van der Waals surface area (Å²) in [5, 5.41) is 33.0. The normalized spacial score (nSPS) is 50.1. The van der Waals surface area contributed by atoms with Crippen molar-refractivity contribution in [2.24, 2.45) is 34.0 Å². The van der Waals surface area contributed by atoms with Crippen molar-refractivity contribution >= 4 is 11.8 Å². The maximum absolute atomic E-state index is 13.6. The van der Waals surface area contributed by atoms with E-state index in [2.05, 4.69) is 20.4 Å². The number of rotatable bonds is 4. The van der Waals surface area contributed by atoms with Gasteiger partial charge in [0.15, 0.2) is 5.78 Å². The number of aliphatic hydroxyl groups is 3. The summed E-state index contributed by atoms with van der Waals surface area (Å²) in [5.74, 6) is -1.55. The fourth-order valence-corrected chi connectivity index (χ4v) is 7.96. The van der Waals surface area contributed by atoms with Gasteiger partial charge in [0.1, 0.15) is 6.10 Å². The second kappa shape index (κ2) is 7.14. The van der Waals surface area contributed by atoms with Crippen LogP contribution in [-0.2, 0) is 14.3 Å². The van der Waals surface area contributed by atoms with Crippen molar-refractivity contribution in [3.63, 3.8) is 0 Å². The monoisotopic (exact) mass is 420 g/mol. The minimum absolute atomic E-state index is 0.0202. The maximum Gasteiger partial charge on any atom is 0.306 e. The summed E-state index contributed by atoms with van der Waals surface area (Å²) in [6, 6.07) is 0. The summed E-state index contributed by atoms with van der Waals surface area (Å²) < 4.78 is 5.79. The van der Waals surface area contributed by atoms with Crippen LogP contribution in [-0.4, -0.2) is 52.0 Å². The summed E-state index contributed by atoms with van der Waals surface area (Å²) in [6.07, 6.45) is 1.71. The predicted molar refractivity (Wildman–Crippen MR) is 110 cm³/mol. The first kappa shape index (κ1) is 22.0. The molecule has 3 N–H and O–H groups in total. The van der Waals surface area contributed by atoms with Gasteiger partial charge in [-0.05, 0) is 60.3 Å². The molecule has 4 saturated carbocycles. The largest absolute Gasteiger partial charge is 0.462 e. The number of fused-ring (bicyclic) bond motifs is 3. The molecule has 1 spiro atoms. The van der Waals surface area contributed by atoms with Crippen molar-refractivity contribution in [1.29, 1.82) is 0 Å². The Morgan fingerprint density at radius 1 is 1.20 bits per heavy atom. The van der Waals surface area contributed by atoms with Gasteiger partial charge in [-0.1, -0.05) is 33.8 Å². The SMILES string of the molecule is C=C1C(=O)[C@@]23[C@H](O)C[C@@H]4[C@@](C)(CO)CCC[C@@]4(C)[C@@H]2C[C@H](OC(=O)CCC)[C@@H]1[C@H]3O. The quantitative estimate of drug-likeness (QED) is 0.477. The molecular weight excluding hydrogens is 384 g/mol. The molecule has 0 aliphatic heterocycles. The minimum Gasteiger partial charge on any atom is -0.462 e. The summed E-state index contributed by atoms with van der Waals surface area (Å²) >= 11 is 0. The summed E-state index contributed by atoms with van der Waals surface area (Å²) in [6.45, 7) is 10.1. The number of ether oxygens (including phenoxy) is 1. The third-order valence-corrected chi connectivity index (χ3v) is 9.37. The van der Waals surface area contributed by atoms with E-state index in [1.807, 2.05) is 6.92 Å². The van der Waals surface area contributed by atoms with Gasteiger partial charge in [-0.25, -0.2) is 0 Å². The number of ketones is 1. The van der Waals surface area contributed by atoms with E-state index in [9.17, 15) is 24.9 Å². The number of Topliss-reactive ketones (excluding diaryl/α,β-unsaturated/α-hetero) is 1. The number of carbonyl (C=O) groups excluding carboxylic acids is 2. The Morgan fingerprint density at radius 2 is 1.90 bits per heavy atom.